The summed E-state index contributed by atoms with van der Waals surface area (Å²) in [6, 6.07) is 20.1. The SMILES string of the molecule is O=C(CCc1ccc(-c2cccc3nc4ccccc4c(C(=O)O)c23)cc1)ON1C(=O)CCC1=O. The third-order valence-corrected chi connectivity index (χ3v) is 6.00. The van der Waals surface area contributed by atoms with Crippen molar-refractivity contribution in [2.45, 2.75) is 25.7 Å². The summed E-state index contributed by atoms with van der Waals surface area (Å²) in [5.74, 6) is -2.70. The molecule has 35 heavy (non-hydrogen) atoms. The molecular weight excluding hydrogens is 448 g/mol. The maximum atomic E-state index is 12.3. The number of carboxylic acids is 1. The van der Waals surface area contributed by atoms with E-state index in [1.54, 1.807) is 24.3 Å². The Labute approximate surface area is 199 Å². The van der Waals surface area contributed by atoms with Crippen molar-refractivity contribution in [1.29, 1.82) is 0 Å². The number of carbonyl (C=O) groups is 4. The first-order valence-corrected chi connectivity index (χ1v) is 11.1. The van der Waals surface area contributed by atoms with Crippen molar-refractivity contribution in [1.82, 2.24) is 10.0 Å². The molecule has 1 N–H and O–H groups in total. The third-order valence-electron chi connectivity index (χ3n) is 6.00. The highest BCUT2D eigenvalue weighted by molar-refractivity contribution is 6.17. The molecule has 0 radical (unpaired) electrons. The van der Waals surface area contributed by atoms with Gasteiger partial charge in [0.05, 0.1) is 23.0 Å². The topological polar surface area (TPSA) is 114 Å². The second-order valence-electron chi connectivity index (χ2n) is 8.25. The average molecular weight is 468 g/mol. The Kier molecular flexibility index (Phi) is 5.70. The van der Waals surface area contributed by atoms with Crippen LogP contribution in [0, 0.1) is 0 Å². The fourth-order valence-electron chi connectivity index (χ4n) is 4.31. The van der Waals surface area contributed by atoms with Crippen LogP contribution in [0.5, 0.6) is 0 Å². The fraction of sp³-hybridized carbons (Fsp3) is 0.148. The van der Waals surface area contributed by atoms with Crippen LogP contribution in [0.4, 0.5) is 0 Å². The van der Waals surface area contributed by atoms with Crippen molar-refractivity contribution in [3.8, 4) is 11.1 Å². The summed E-state index contributed by atoms with van der Waals surface area (Å²) in [5.41, 5.74) is 3.83. The zero-order chi connectivity index (χ0) is 24.5. The van der Waals surface area contributed by atoms with Gasteiger partial charge in [-0.2, -0.15) is 0 Å². The molecular formula is C27H20N2O6. The van der Waals surface area contributed by atoms with Crippen LogP contribution in [0.2, 0.25) is 0 Å². The van der Waals surface area contributed by atoms with E-state index >= 15 is 0 Å². The number of aryl methyl sites for hydroxylation is 1. The molecule has 4 aromatic rings. The molecule has 0 unspecified atom stereocenters. The molecule has 2 amide bonds. The number of hydroxylamine groups is 2. The molecule has 174 valence electrons. The molecule has 5 rings (SSSR count). The van der Waals surface area contributed by atoms with Crippen LogP contribution in [0.25, 0.3) is 32.9 Å². The molecule has 1 aromatic heterocycles. The number of pyridine rings is 1. The molecule has 1 saturated heterocycles. The summed E-state index contributed by atoms with van der Waals surface area (Å²) in [7, 11) is 0. The van der Waals surface area contributed by atoms with E-state index < -0.39 is 23.8 Å². The number of benzene rings is 3. The molecule has 1 aliphatic heterocycles. The number of para-hydroxylation sites is 1. The van der Waals surface area contributed by atoms with E-state index in [9.17, 15) is 24.3 Å². The zero-order valence-corrected chi connectivity index (χ0v) is 18.6. The van der Waals surface area contributed by atoms with E-state index in [4.69, 9.17) is 4.84 Å². The molecule has 8 heteroatoms. The number of amides is 2. The van der Waals surface area contributed by atoms with Gasteiger partial charge in [-0.3, -0.25) is 9.59 Å². The Morgan fingerprint density at radius 1 is 0.886 bits per heavy atom. The molecule has 1 fully saturated rings. The average Bonchev–Trinajstić information content (AvgIpc) is 3.18. The lowest BCUT2D eigenvalue weighted by Crippen LogP contribution is -2.32. The summed E-state index contributed by atoms with van der Waals surface area (Å²) in [6.45, 7) is 0. The number of hydrogen-bond donors (Lipinski definition) is 1. The number of aromatic nitrogens is 1. The smallest absolute Gasteiger partial charge is 0.337 e. The van der Waals surface area contributed by atoms with Gasteiger partial charge >= 0.3 is 11.9 Å². The summed E-state index contributed by atoms with van der Waals surface area (Å²) in [5, 5.41) is 11.7. The second-order valence-corrected chi connectivity index (χ2v) is 8.25. The van der Waals surface area contributed by atoms with Crippen molar-refractivity contribution in [2.75, 3.05) is 0 Å². The van der Waals surface area contributed by atoms with Gasteiger partial charge < -0.3 is 9.94 Å². The monoisotopic (exact) mass is 468 g/mol. The van der Waals surface area contributed by atoms with E-state index in [0.29, 0.717) is 33.3 Å². The highest BCUT2D eigenvalue weighted by atomic mass is 16.7. The maximum Gasteiger partial charge on any atom is 0.337 e. The van der Waals surface area contributed by atoms with Gasteiger partial charge in [0.2, 0.25) is 0 Å². The second kappa shape index (κ2) is 8.98. The summed E-state index contributed by atoms with van der Waals surface area (Å²) < 4.78 is 0. The van der Waals surface area contributed by atoms with E-state index in [1.807, 2.05) is 42.5 Å². The number of rotatable bonds is 6. The van der Waals surface area contributed by atoms with Gasteiger partial charge in [-0.25, -0.2) is 14.6 Å². The molecule has 0 bridgehead atoms. The molecule has 8 nitrogen and oxygen atoms in total. The van der Waals surface area contributed by atoms with Crippen LogP contribution in [0.1, 0.15) is 35.2 Å². The minimum absolute atomic E-state index is 0.00372. The number of carboxylic acid groups (broad SMARTS) is 1. The lowest BCUT2D eigenvalue weighted by Gasteiger charge is -2.13. The molecule has 1 aliphatic rings. The Balaban J connectivity index is 1.41. The number of fused-ring (bicyclic) bond motifs is 2. The standard InChI is InChI=1S/C27H20N2O6/c30-22-13-14-23(31)29(22)35-24(32)15-10-16-8-11-17(12-9-16)18-5-3-7-21-25(18)26(27(33)34)19-4-1-2-6-20(19)28-21/h1-9,11-12H,10,13-15H2,(H,33,34). The summed E-state index contributed by atoms with van der Waals surface area (Å²) in [4.78, 5) is 57.1. The van der Waals surface area contributed by atoms with Crippen molar-refractivity contribution >= 4 is 45.6 Å². The minimum atomic E-state index is -1.02. The number of carbonyl (C=O) groups excluding carboxylic acids is 3. The van der Waals surface area contributed by atoms with Crippen molar-refractivity contribution < 1.29 is 29.1 Å². The zero-order valence-electron chi connectivity index (χ0n) is 18.6. The van der Waals surface area contributed by atoms with E-state index in [1.165, 1.54) is 0 Å². The van der Waals surface area contributed by atoms with Crippen LogP contribution in [0.15, 0.2) is 66.7 Å². The number of nitrogens with zero attached hydrogens (tertiary/aromatic N) is 2. The van der Waals surface area contributed by atoms with Crippen LogP contribution in [-0.4, -0.2) is 38.9 Å². The Bertz CT molecular complexity index is 1490. The molecule has 0 atom stereocenters. The van der Waals surface area contributed by atoms with Gasteiger partial charge in [-0.15, -0.1) is 5.06 Å². The summed E-state index contributed by atoms with van der Waals surface area (Å²) in [6.07, 6.45) is 0.467. The number of hydrogen-bond acceptors (Lipinski definition) is 6. The molecule has 0 spiro atoms. The lowest BCUT2D eigenvalue weighted by molar-refractivity contribution is -0.197. The minimum Gasteiger partial charge on any atom is -0.478 e. The van der Waals surface area contributed by atoms with Gasteiger partial charge in [0.15, 0.2) is 0 Å². The Morgan fingerprint density at radius 2 is 1.57 bits per heavy atom. The first-order chi connectivity index (χ1) is 16.9. The van der Waals surface area contributed by atoms with E-state index in [0.717, 1.165) is 16.7 Å². The lowest BCUT2D eigenvalue weighted by atomic mass is 9.94. The first kappa shape index (κ1) is 22.2. The largest absolute Gasteiger partial charge is 0.478 e. The summed E-state index contributed by atoms with van der Waals surface area (Å²) >= 11 is 0. The fourth-order valence-corrected chi connectivity index (χ4v) is 4.31. The Hall–Kier alpha value is -4.59. The molecule has 0 saturated carbocycles. The van der Waals surface area contributed by atoms with Crippen LogP contribution in [-0.2, 0) is 25.6 Å². The van der Waals surface area contributed by atoms with E-state index in [-0.39, 0.29) is 24.8 Å². The van der Waals surface area contributed by atoms with Gasteiger partial charge in [0, 0.05) is 23.6 Å². The third kappa shape index (κ3) is 4.21. The molecule has 0 aliphatic carbocycles. The van der Waals surface area contributed by atoms with Gasteiger partial charge in [0.25, 0.3) is 11.8 Å². The van der Waals surface area contributed by atoms with Crippen LogP contribution < -0.4 is 0 Å². The van der Waals surface area contributed by atoms with Crippen molar-refractivity contribution in [2.24, 2.45) is 0 Å². The van der Waals surface area contributed by atoms with Gasteiger partial charge in [-0.1, -0.05) is 54.6 Å². The molecule has 3 aromatic carbocycles. The Morgan fingerprint density at radius 3 is 2.29 bits per heavy atom. The van der Waals surface area contributed by atoms with Gasteiger partial charge in [0.1, 0.15) is 0 Å². The number of imide groups is 1. The first-order valence-electron chi connectivity index (χ1n) is 11.1. The normalized spacial score (nSPS) is 13.5. The van der Waals surface area contributed by atoms with Crippen LogP contribution >= 0.6 is 0 Å². The predicted octanol–water partition coefficient (Wildman–Crippen LogP) is 4.29. The quantitative estimate of drug-likeness (QED) is 0.332. The molecule has 2 heterocycles. The van der Waals surface area contributed by atoms with Crippen molar-refractivity contribution in [3.05, 3.63) is 77.9 Å². The maximum absolute atomic E-state index is 12.3. The highest BCUT2D eigenvalue weighted by Crippen LogP contribution is 2.34. The van der Waals surface area contributed by atoms with Crippen molar-refractivity contribution in [3.63, 3.8) is 0 Å². The number of aromatic carboxylic acids is 1. The highest BCUT2D eigenvalue weighted by Gasteiger charge is 2.32. The van der Waals surface area contributed by atoms with Gasteiger partial charge in [-0.05, 0) is 35.2 Å². The van der Waals surface area contributed by atoms with E-state index in [2.05, 4.69) is 4.98 Å². The predicted molar refractivity (Wildman–Crippen MR) is 127 cm³/mol. The van der Waals surface area contributed by atoms with Crippen LogP contribution in [0.3, 0.4) is 0 Å².